The molecule has 4 unspecified atom stereocenters. The lowest BCUT2D eigenvalue weighted by molar-refractivity contribution is -0.129. The predicted octanol–water partition coefficient (Wildman–Crippen LogP) is 4.21. The summed E-state index contributed by atoms with van der Waals surface area (Å²) in [6.45, 7) is 0. The summed E-state index contributed by atoms with van der Waals surface area (Å²) in [5.74, 6) is 1.97. The summed E-state index contributed by atoms with van der Waals surface area (Å²) in [6, 6.07) is 0. The third-order valence-electron chi connectivity index (χ3n) is 6.23. The molecule has 19 heavy (non-hydrogen) atoms. The van der Waals surface area contributed by atoms with Crippen molar-refractivity contribution in [1.29, 1.82) is 0 Å². The molecule has 4 aliphatic rings. The number of hydrogen-bond donors (Lipinski definition) is 0. The van der Waals surface area contributed by atoms with Crippen molar-refractivity contribution in [3.05, 3.63) is 35.5 Å². The molecule has 1 nitrogen and oxygen atoms in total. The third-order valence-corrected chi connectivity index (χ3v) is 6.23. The molecule has 1 heteroatoms. The molecular weight excluding hydrogens is 232 g/mol. The molecule has 0 aromatic carbocycles. The van der Waals surface area contributed by atoms with Crippen LogP contribution >= 0.6 is 0 Å². The van der Waals surface area contributed by atoms with E-state index in [4.69, 9.17) is 0 Å². The number of allylic oxidation sites excluding steroid dienone is 6. The lowest BCUT2D eigenvalue weighted by atomic mass is 9.49. The van der Waals surface area contributed by atoms with Crippen molar-refractivity contribution < 1.29 is 4.79 Å². The van der Waals surface area contributed by atoms with Crippen LogP contribution in [-0.4, -0.2) is 6.29 Å². The van der Waals surface area contributed by atoms with E-state index in [1.165, 1.54) is 56.0 Å². The minimum absolute atomic E-state index is 0.0648. The first-order chi connectivity index (χ1) is 9.35. The summed E-state index contributed by atoms with van der Waals surface area (Å²) in [5.41, 5.74) is 2.80. The van der Waals surface area contributed by atoms with Gasteiger partial charge in [-0.25, -0.2) is 0 Å². The average Bonchev–Trinajstić information content (AvgIpc) is 2.95. The topological polar surface area (TPSA) is 17.1 Å². The predicted molar refractivity (Wildman–Crippen MR) is 76.6 cm³/mol. The highest BCUT2D eigenvalue weighted by Crippen LogP contribution is 2.59. The Labute approximate surface area is 115 Å². The number of fused-ring (bicyclic) bond motifs is 5. The molecule has 4 aliphatic carbocycles. The zero-order valence-corrected chi connectivity index (χ0v) is 11.5. The summed E-state index contributed by atoms with van der Waals surface area (Å²) in [6.07, 6.45) is 19.2. The molecule has 4 rings (SSSR count). The van der Waals surface area contributed by atoms with Crippen molar-refractivity contribution in [1.82, 2.24) is 0 Å². The van der Waals surface area contributed by atoms with Gasteiger partial charge in [-0.1, -0.05) is 43.6 Å². The summed E-state index contributed by atoms with van der Waals surface area (Å²) < 4.78 is 0. The van der Waals surface area contributed by atoms with Crippen molar-refractivity contribution >= 4 is 6.29 Å². The highest BCUT2D eigenvalue weighted by molar-refractivity contribution is 5.67. The zero-order chi connectivity index (χ0) is 12.9. The molecule has 0 spiro atoms. The lowest BCUT2D eigenvalue weighted by Crippen LogP contribution is -2.49. The summed E-state index contributed by atoms with van der Waals surface area (Å²) in [7, 11) is 0. The van der Waals surface area contributed by atoms with E-state index in [1.807, 2.05) is 0 Å². The molecular formula is C18H22O. The number of carbonyl (C=O) groups is 1. The smallest absolute Gasteiger partial charge is 0.127 e. The Morgan fingerprint density at radius 3 is 2.95 bits per heavy atom. The number of aldehydes is 1. The van der Waals surface area contributed by atoms with Gasteiger partial charge in [0.1, 0.15) is 6.29 Å². The Kier molecular flexibility index (Phi) is 2.58. The molecule has 0 bridgehead atoms. The average molecular weight is 254 g/mol. The Balaban J connectivity index is 1.78. The summed E-state index contributed by atoms with van der Waals surface area (Å²) in [5, 5.41) is 0. The van der Waals surface area contributed by atoms with Crippen molar-refractivity contribution in [3.8, 4) is 0 Å². The van der Waals surface area contributed by atoms with Crippen molar-refractivity contribution in [3.63, 3.8) is 0 Å². The zero-order valence-electron chi connectivity index (χ0n) is 11.5. The van der Waals surface area contributed by atoms with Crippen LogP contribution in [0.15, 0.2) is 35.5 Å². The monoisotopic (exact) mass is 254 g/mol. The van der Waals surface area contributed by atoms with Gasteiger partial charge < -0.3 is 4.79 Å². The van der Waals surface area contributed by atoms with E-state index in [1.54, 1.807) is 0 Å². The van der Waals surface area contributed by atoms with Crippen molar-refractivity contribution in [2.75, 3.05) is 0 Å². The van der Waals surface area contributed by atoms with Crippen LogP contribution in [0.5, 0.6) is 0 Å². The highest BCUT2D eigenvalue weighted by atomic mass is 16.1. The van der Waals surface area contributed by atoms with E-state index in [0.717, 1.165) is 12.3 Å². The molecule has 0 saturated heterocycles. The molecule has 0 N–H and O–H groups in total. The Bertz CT molecular complexity index is 496. The van der Waals surface area contributed by atoms with Crippen LogP contribution < -0.4 is 0 Å². The van der Waals surface area contributed by atoms with Gasteiger partial charge in [-0.15, -0.1) is 0 Å². The van der Waals surface area contributed by atoms with Crippen LogP contribution in [0, 0.1) is 23.2 Å². The second kappa shape index (κ2) is 4.19. The quantitative estimate of drug-likeness (QED) is 0.640. The molecule has 0 aliphatic heterocycles. The van der Waals surface area contributed by atoms with E-state index in [0.29, 0.717) is 11.8 Å². The fraction of sp³-hybridized carbons (Fsp3) is 0.611. The molecule has 0 aromatic rings. The normalized spacial score (nSPS) is 43.7. The Morgan fingerprint density at radius 2 is 2.05 bits per heavy atom. The molecule has 2 saturated carbocycles. The number of carbonyl (C=O) groups excluding carboxylic acids is 1. The first-order valence-corrected chi connectivity index (χ1v) is 7.90. The van der Waals surface area contributed by atoms with Crippen LogP contribution in [0.4, 0.5) is 0 Å². The van der Waals surface area contributed by atoms with Gasteiger partial charge in [0.15, 0.2) is 0 Å². The standard InChI is InChI=1S/C18H22O/c19-12-18-11-10-13-5-3-6-15(13)17(18)9-8-14-4-1-2-7-16(14)18/h3,5-6,10,12,14,16-17H,1-2,4,7-9,11H2. The van der Waals surface area contributed by atoms with Crippen LogP contribution in [0.2, 0.25) is 0 Å². The largest absolute Gasteiger partial charge is 0.303 e. The van der Waals surface area contributed by atoms with Crippen LogP contribution in [0.25, 0.3) is 0 Å². The van der Waals surface area contributed by atoms with E-state index >= 15 is 0 Å². The van der Waals surface area contributed by atoms with E-state index in [-0.39, 0.29) is 5.41 Å². The molecule has 2 fully saturated rings. The second-order valence-electron chi connectivity index (χ2n) is 6.86. The second-order valence-corrected chi connectivity index (χ2v) is 6.86. The summed E-state index contributed by atoms with van der Waals surface area (Å²) in [4.78, 5) is 12.1. The van der Waals surface area contributed by atoms with Gasteiger partial charge in [0.05, 0.1) is 0 Å². The van der Waals surface area contributed by atoms with Crippen molar-refractivity contribution in [2.24, 2.45) is 23.2 Å². The van der Waals surface area contributed by atoms with Gasteiger partial charge >= 0.3 is 0 Å². The van der Waals surface area contributed by atoms with Gasteiger partial charge in [0, 0.05) is 5.41 Å². The SMILES string of the molecule is O=CC12CC=C3C=CC=C3C1CCC1CCCCC12. The van der Waals surface area contributed by atoms with E-state index < -0.39 is 0 Å². The number of rotatable bonds is 1. The molecule has 0 amide bonds. The Hall–Kier alpha value is -1.11. The maximum atomic E-state index is 12.1. The van der Waals surface area contributed by atoms with Crippen LogP contribution in [0.1, 0.15) is 44.9 Å². The maximum Gasteiger partial charge on any atom is 0.127 e. The first-order valence-electron chi connectivity index (χ1n) is 7.90. The minimum atomic E-state index is -0.0648. The first kappa shape index (κ1) is 11.7. The number of hydrogen-bond acceptors (Lipinski definition) is 1. The van der Waals surface area contributed by atoms with Crippen molar-refractivity contribution in [2.45, 2.75) is 44.9 Å². The molecule has 4 atom stereocenters. The highest BCUT2D eigenvalue weighted by Gasteiger charge is 2.53. The van der Waals surface area contributed by atoms with Gasteiger partial charge in [-0.3, -0.25) is 0 Å². The summed E-state index contributed by atoms with van der Waals surface area (Å²) >= 11 is 0. The van der Waals surface area contributed by atoms with E-state index in [9.17, 15) is 4.79 Å². The molecule has 0 heterocycles. The van der Waals surface area contributed by atoms with Gasteiger partial charge in [-0.05, 0) is 54.6 Å². The Morgan fingerprint density at radius 1 is 1.16 bits per heavy atom. The third kappa shape index (κ3) is 1.50. The minimum Gasteiger partial charge on any atom is -0.303 e. The van der Waals surface area contributed by atoms with Gasteiger partial charge in [0.25, 0.3) is 0 Å². The van der Waals surface area contributed by atoms with Crippen LogP contribution in [0.3, 0.4) is 0 Å². The molecule has 100 valence electrons. The molecule has 0 aromatic heterocycles. The molecule has 0 radical (unpaired) electrons. The van der Waals surface area contributed by atoms with Gasteiger partial charge in [0.2, 0.25) is 0 Å². The van der Waals surface area contributed by atoms with Gasteiger partial charge in [-0.2, -0.15) is 0 Å². The fourth-order valence-corrected chi connectivity index (χ4v) is 5.36. The van der Waals surface area contributed by atoms with Crippen LogP contribution in [-0.2, 0) is 4.79 Å². The van der Waals surface area contributed by atoms with E-state index in [2.05, 4.69) is 24.3 Å². The lowest BCUT2D eigenvalue weighted by Gasteiger charge is -2.54. The fourth-order valence-electron chi connectivity index (χ4n) is 5.36. The maximum absolute atomic E-state index is 12.1.